The molecule has 14 heavy (non-hydrogen) atoms. The molecule has 1 atom stereocenters. The molecule has 1 rings (SSSR count). The van der Waals surface area contributed by atoms with Crippen molar-refractivity contribution in [1.29, 1.82) is 0 Å². The molecule has 1 aromatic carbocycles. The van der Waals surface area contributed by atoms with Crippen molar-refractivity contribution in [3.63, 3.8) is 0 Å². The van der Waals surface area contributed by atoms with E-state index in [0.29, 0.717) is 6.54 Å². The quantitative estimate of drug-likeness (QED) is 0.870. The topological polar surface area (TPSA) is 46.2 Å². The maximum Gasteiger partial charge on any atom is 0.0537 e. The van der Waals surface area contributed by atoms with E-state index in [4.69, 9.17) is 5.73 Å². The molecule has 0 aliphatic heterocycles. The lowest BCUT2D eigenvalue weighted by molar-refractivity contribution is 0.210. The van der Waals surface area contributed by atoms with Crippen LogP contribution in [0.4, 0.5) is 0 Å². The van der Waals surface area contributed by atoms with Gasteiger partial charge in [-0.15, -0.1) is 0 Å². The molecule has 0 saturated heterocycles. The predicted molar refractivity (Wildman–Crippen MR) is 62.4 cm³/mol. The molecule has 0 fully saturated rings. The van der Waals surface area contributed by atoms with Crippen LogP contribution in [0, 0.1) is 6.92 Å². The van der Waals surface area contributed by atoms with Gasteiger partial charge in [0.25, 0.3) is 0 Å². The van der Waals surface area contributed by atoms with Crippen LogP contribution in [-0.4, -0.2) is 18.3 Å². The minimum Gasteiger partial charge on any atom is -0.395 e. The summed E-state index contributed by atoms with van der Waals surface area (Å²) in [5.74, 6) is 0. The Bertz CT molecular complexity index is 321. The van der Waals surface area contributed by atoms with Crippen molar-refractivity contribution in [1.82, 2.24) is 0 Å². The highest BCUT2D eigenvalue weighted by atomic mass is 79.9. The molecule has 0 radical (unpaired) electrons. The molecule has 2 nitrogen and oxygen atoms in total. The lowest BCUT2D eigenvalue weighted by Crippen LogP contribution is -2.35. The molecule has 0 heterocycles. The van der Waals surface area contributed by atoms with Gasteiger partial charge in [-0.3, -0.25) is 0 Å². The Labute approximate surface area is 93.3 Å². The Morgan fingerprint density at radius 2 is 2.14 bits per heavy atom. The van der Waals surface area contributed by atoms with Crippen molar-refractivity contribution >= 4 is 15.9 Å². The molecule has 78 valence electrons. The van der Waals surface area contributed by atoms with Gasteiger partial charge in [-0.25, -0.2) is 0 Å². The lowest BCUT2D eigenvalue weighted by Gasteiger charge is -2.26. The Balaban J connectivity index is 3.12. The van der Waals surface area contributed by atoms with Gasteiger partial charge in [0.05, 0.1) is 6.61 Å². The highest BCUT2D eigenvalue weighted by molar-refractivity contribution is 9.10. The number of hydrogen-bond acceptors (Lipinski definition) is 2. The third kappa shape index (κ3) is 2.16. The second-order valence-corrected chi connectivity index (χ2v) is 4.74. The van der Waals surface area contributed by atoms with Gasteiger partial charge in [0.2, 0.25) is 0 Å². The van der Waals surface area contributed by atoms with Crippen LogP contribution in [0.5, 0.6) is 0 Å². The van der Waals surface area contributed by atoms with E-state index in [2.05, 4.69) is 22.0 Å². The Kier molecular flexibility index (Phi) is 3.70. The van der Waals surface area contributed by atoms with Gasteiger partial charge in [-0.1, -0.05) is 35.0 Å². The first-order valence-corrected chi connectivity index (χ1v) is 5.40. The normalized spacial score (nSPS) is 15.2. The van der Waals surface area contributed by atoms with Gasteiger partial charge >= 0.3 is 0 Å². The summed E-state index contributed by atoms with van der Waals surface area (Å²) < 4.78 is 1.08. The van der Waals surface area contributed by atoms with E-state index in [1.54, 1.807) is 0 Å². The fourth-order valence-corrected chi connectivity index (χ4v) is 1.54. The Morgan fingerprint density at radius 1 is 1.50 bits per heavy atom. The van der Waals surface area contributed by atoms with Crippen LogP contribution in [0.2, 0.25) is 0 Å². The van der Waals surface area contributed by atoms with Crippen molar-refractivity contribution in [2.24, 2.45) is 5.73 Å². The third-order valence-corrected chi connectivity index (χ3v) is 3.54. The van der Waals surface area contributed by atoms with Crippen LogP contribution in [0.1, 0.15) is 18.1 Å². The van der Waals surface area contributed by atoms with Crippen molar-refractivity contribution in [3.8, 4) is 0 Å². The minimum atomic E-state index is -0.328. The number of hydrogen-bond donors (Lipinski definition) is 2. The van der Waals surface area contributed by atoms with Crippen molar-refractivity contribution < 1.29 is 5.11 Å². The first-order chi connectivity index (χ1) is 6.53. The first kappa shape index (κ1) is 11.7. The summed E-state index contributed by atoms with van der Waals surface area (Å²) in [5.41, 5.74) is 7.59. The molecule has 0 amide bonds. The van der Waals surface area contributed by atoms with E-state index in [1.165, 1.54) is 0 Å². The molecule has 3 N–H and O–H groups in total. The van der Waals surface area contributed by atoms with Crippen LogP contribution in [0.3, 0.4) is 0 Å². The first-order valence-electron chi connectivity index (χ1n) is 4.61. The second-order valence-electron chi connectivity index (χ2n) is 3.89. The van der Waals surface area contributed by atoms with E-state index < -0.39 is 0 Å². The van der Waals surface area contributed by atoms with E-state index in [-0.39, 0.29) is 12.0 Å². The monoisotopic (exact) mass is 257 g/mol. The van der Waals surface area contributed by atoms with Crippen LogP contribution in [0.15, 0.2) is 22.7 Å². The van der Waals surface area contributed by atoms with Gasteiger partial charge in [0.1, 0.15) is 0 Å². The Morgan fingerprint density at radius 3 is 2.57 bits per heavy atom. The average Bonchev–Trinajstić information content (AvgIpc) is 2.21. The standard InChI is InChI=1S/C11H16BrNO/c1-8-5-9(3-4-10(8)12)11(2,6-13)7-14/h3-5,14H,6-7,13H2,1-2H3. The largest absolute Gasteiger partial charge is 0.395 e. The van der Waals surface area contributed by atoms with E-state index in [9.17, 15) is 5.11 Å². The third-order valence-electron chi connectivity index (χ3n) is 2.65. The second kappa shape index (κ2) is 4.43. The smallest absolute Gasteiger partial charge is 0.0537 e. The van der Waals surface area contributed by atoms with Gasteiger partial charge in [-0.2, -0.15) is 0 Å². The number of rotatable bonds is 3. The minimum absolute atomic E-state index is 0.0740. The van der Waals surface area contributed by atoms with Gasteiger partial charge < -0.3 is 10.8 Å². The van der Waals surface area contributed by atoms with Gasteiger partial charge in [-0.05, 0) is 24.1 Å². The molecule has 0 spiro atoms. The zero-order valence-corrected chi connectivity index (χ0v) is 10.1. The molecule has 1 unspecified atom stereocenters. The number of benzene rings is 1. The van der Waals surface area contributed by atoms with Crippen molar-refractivity contribution in [2.75, 3.05) is 13.2 Å². The van der Waals surface area contributed by atoms with E-state index in [0.717, 1.165) is 15.6 Å². The zero-order chi connectivity index (χ0) is 10.8. The summed E-state index contributed by atoms with van der Waals surface area (Å²) in [6, 6.07) is 6.06. The fourth-order valence-electron chi connectivity index (χ4n) is 1.29. The predicted octanol–water partition coefficient (Wildman–Crippen LogP) is 1.97. The number of aliphatic hydroxyl groups is 1. The molecular weight excluding hydrogens is 242 g/mol. The molecule has 0 aromatic heterocycles. The highest BCUT2D eigenvalue weighted by Crippen LogP contribution is 2.26. The van der Waals surface area contributed by atoms with E-state index >= 15 is 0 Å². The number of aliphatic hydroxyl groups excluding tert-OH is 1. The summed E-state index contributed by atoms with van der Waals surface area (Å²) in [4.78, 5) is 0. The molecule has 0 saturated carbocycles. The molecular formula is C11H16BrNO. The SMILES string of the molecule is Cc1cc(C(C)(CN)CO)ccc1Br. The molecule has 3 heteroatoms. The molecule has 0 bridgehead atoms. The highest BCUT2D eigenvalue weighted by Gasteiger charge is 2.24. The summed E-state index contributed by atoms with van der Waals surface area (Å²) in [7, 11) is 0. The summed E-state index contributed by atoms with van der Waals surface area (Å²) in [5, 5.41) is 9.31. The molecule has 0 aliphatic carbocycles. The van der Waals surface area contributed by atoms with Gasteiger partial charge in [0, 0.05) is 16.4 Å². The molecule has 0 aliphatic rings. The number of aryl methyl sites for hydroxylation is 1. The fraction of sp³-hybridized carbons (Fsp3) is 0.455. The Hall–Kier alpha value is -0.380. The summed E-state index contributed by atoms with van der Waals surface area (Å²) >= 11 is 3.45. The van der Waals surface area contributed by atoms with Crippen molar-refractivity contribution in [2.45, 2.75) is 19.3 Å². The average molecular weight is 258 g/mol. The van der Waals surface area contributed by atoms with Crippen molar-refractivity contribution in [3.05, 3.63) is 33.8 Å². The van der Waals surface area contributed by atoms with Crippen LogP contribution in [-0.2, 0) is 5.41 Å². The summed E-state index contributed by atoms with van der Waals surface area (Å²) in [6.45, 7) is 4.52. The number of nitrogens with two attached hydrogens (primary N) is 1. The van der Waals surface area contributed by atoms with E-state index in [1.807, 2.05) is 26.0 Å². The number of halogens is 1. The summed E-state index contributed by atoms with van der Waals surface area (Å²) in [6.07, 6.45) is 0. The maximum atomic E-state index is 9.31. The lowest BCUT2D eigenvalue weighted by atomic mass is 9.83. The molecule has 1 aromatic rings. The van der Waals surface area contributed by atoms with Crippen LogP contribution < -0.4 is 5.73 Å². The van der Waals surface area contributed by atoms with Crippen LogP contribution in [0.25, 0.3) is 0 Å². The maximum absolute atomic E-state index is 9.31. The zero-order valence-electron chi connectivity index (χ0n) is 8.55. The van der Waals surface area contributed by atoms with Crippen LogP contribution >= 0.6 is 15.9 Å². The van der Waals surface area contributed by atoms with Gasteiger partial charge in [0.15, 0.2) is 0 Å².